The number of carbonyl (C=O) groups is 2. The first-order valence-electron chi connectivity index (χ1n) is 5.18. The lowest BCUT2D eigenvalue weighted by molar-refractivity contribution is -0.146. The number of halogens is 2. The van der Waals surface area contributed by atoms with E-state index < -0.39 is 29.9 Å². The number of carbonyl (C=O) groups excluding carboxylic acids is 2. The Hall–Kier alpha value is -1.98. The number of nitrogens with zero attached hydrogens (tertiary/aromatic N) is 1. The van der Waals surface area contributed by atoms with Gasteiger partial charge in [0.1, 0.15) is 18.1 Å². The smallest absolute Gasteiger partial charge is 0.315 e. The van der Waals surface area contributed by atoms with E-state index in [-0.39, 0.29) is 12.1 Å². The molecule has 0 aromatic heterocycles. The molecule has 0 heterocycles. The number of hydrogen-bond acceptors (Lipinski definition) is 3. The molecule has 0 aliphatic carbocycles. The van der Waals surface area contributed by atoms with Crippen LogP contribution in [0.15, 0.2) is 18.2 Å². The van der Waals surface area contributed by atoms with Crippen LogP contribution in [0.2, 0.25) is 0 Å². The van der Waals surface area contributed by atoms with Crippen molar-refractivity contribution >= 4 is 11.9 Å². The number of methoxy groups -OCH3 is 1. The minimum atomic E-state index is -0.729. The van der Waals surface area contributed by atoms with Crippen LogP contribution in [0, 0.1) is 11.6 Å². The van der Waals surface area contributed by atoms with Crippen LogP contribution in [0.4, 0.5) is 8.78 Å². The molecule has 0 radical (unpaired) electrons. The molecule has 1 rings (SSSR count). The Balaban J connectivity index is 2.66. The number of rotatable bonds is 4. The summed E-state index contributed by atoms with van der Waals surface area (Å²) in [6.07, 6.45) is -0.407. The average molecular weight is 257 g/mol. The second-order valence-electron chi connectivity index (χ2n) is 3.74. The van der Waals surface area contributed by atoms with Crippen LogP contribution in [-0.2, 0) is 20.9 Å². The van der Waals surface area contributed by atoms with Crippen LogP contribution in [0.5, 0.6) is 0 Å². The molecule has 18 heavy (non-hydrogen) atoms. The van der Waals surface area contributed by atoms with Crippen molar-refractivity contribution in [3.05, 3.63) is 35.4 Å². The van der Waals surface area contributed by atoms with Crippen molar-refractivity contribution in [3.8, 4) is 0 Å². The highest BCUT2D eigenvalue weighted by Gasteiger charge is 2.16. The predicted octanol–water partition coefficient (Wildman–Crippen LogP) is 1.49. The summed E-state index contributed by atoms with van der Waals surface area (Å²) < 4.78 is 30.4. The van der Waals surface area contributed by atoms with Gasteiger partial charge in [-0.15, -0.1) is 0 Å². The quantitative estimate of drug-likeness (QED) is 0.606. The normalized spacial score (nSPS) is 10.0. The Labute approximate surface area is 103 Å². The summed E-state index contributed by atoms with van der Waals surface area (Å²) in [5, 5.41) is 0. The van der Waals surface area contributed by atoms with Gasteiger partial charge in [0.05, 0.1) is 7.11 Å². The van der Waals surface area contributed by atoms with Crippen LogP contribution in [0.25, 0.3) is 0 Å². The third kappa shape index (κ3) is 3.80. The molecule has 98 valence electrons. The fourth-order valence-electron chi connectivity index (χ4n) is 1.32. The van der Waals surface area contributed by atoms with Gasteiger partial charge in [0, 0.05) is 25.2 Å². The Kier molecular flexibility index (Phi) is 4.76. The lowest BCUT2D eigenvalue weighted by Crippen LogP contribution is -2.28. The van der Waals surface area contributed by atoms with Gasteiger partial charge in [-0.2, -0.15) is 0 Å². The summed E-state index contributed by atoms with van der Waals surface area (Å²) >= 11 is 0. The Morgan fingerprint density at radius 2 is 2.00 bits per heavy atom. The van der Waals surface area contributed by atoms with E-state index in [0.29, 0.717) is 0 Å². The van der Waals surface area contributed by atoms with E-state index in [1.165, 1.54) is 25.1 Å². The summed E-state index contributed by atoms with van der Waals surface area (Å²) in [6, 6.07) is 3.11. The molecular formula is C12H13F2NO3. The fourth-order valence-corrected chi connectivity index (χ4v) is 1.32. The molecule has 1 aromatic rings. The number of amides is 1. The van der Waals surface area contributed by atoms with Crippen molar-refractivity contribution in [2.75, 3.05) is 14.2 Å². The van der Waals surface area contributed by atoms with Crippen LogP contribution in [0.1, 0.15) is 12.0 Å². The van der Waals surface area contributed by atoms with Gasteiger partial charge < -0.3 is 9.64 Å². The number of ether oxygens (including phenoxy) is 1. The van der Waals surface area contributed by atoms with Gasteiger partial charge in [0.2, 0.25) is 5.91 Å². The molecule has 4 nitrogen and oxygen atoms in total. The first kappa shape index (κ1) is 14.1. The molecule has 0 bridgehead atoms. The summed E-state index contributed by atoms with van der Waals surface area (Å²) in [6.45, 7) is -0.0397. The highest BCUT2D eigenvalue weighted by atomic mass is 19.1. The average Bonchev–Trinajstić information content (AvgIpc) is 2.32. The van der Waals surface area contributed by atoms with E-state index in [4.69, 9.17) is 0 Å². The lowest BCUT2D eigenvalue weighted by atomic mass is 10.2. The van der Waals surface area contributed by atoms with Crippen molar-refractivity contribution in [3.63, 3.8) is 0 Å². The Bertz CT molecular complexity index is 463. The molecule has 0 fully saturated rings. The first-order chi connectivity index (χ1) is 8.43. The molecule has 1 amide bonds. The Morgan fingerprint density at radius 1 is 1.33 bits per heavy atom. The van der Waals surface area contributed by atoms with Crippen molar-refractivity contribution < 1.29 is 23.1 Å². The maximum Gasteiger partial charge on any atom is 0.315 e. The predicted molar refractivity (Wildman–Crippen MR) is 59.5 cm³/mol. The first-order valence-corrected chi connectivity index (χ1v) is 5.18. The van der Waals surface area contributed by atoms with E-state index in [9.17, 15) is 18.4 Å². The second-order valence-corrected chi connectivity index (χ2v) is 3.74. The van der Waals surface area contributed by atoms with Gasteiger partial charge in [-0.05, 0) is 6.07 Å². The van der Waals surface area contributed by atoms with Gasteiger partial charge in [0.25, 0.3) is 0 Å². The van der Waals surface area contributed by atoms with Gasteiger partial charge in [-0.25, -0.2) is 8.78 Å². The number of hydrogen-bond donors (Lipinski definition) is 0. The zero-order valence-corrected chi connectivity index (χ0v) is 10.1. The highest BCUT2D eigenvalue weighted by molar-refractivity contribution is 5.94. The van der Waals surface area contributed by atoms with E-state index in [1.54, 1.807) is 0 Å². The molecule has 0 saturated carbocycles. The van der Waals surface area contributed by atoms with Crippen molar-refractivity contribution in [2.45, 2.75) is 13.0 Å². The van der Waals surface area contributed by atoms with Crippen molar-refractivity contribution in [1.82, 2.24) is 4.90 Å². The SMILES string of the molecule is COC(=O)CC(=O)N(C)Cc1ccc(F)cc1F. The fraction of sp³-hybridized carbons (Fsp3) is 0.333. The van der Waals surface area contributed by atoms with Crippen molar-refractivity contribution in [1.29, 1.82) is 0 Å². The molecular weight excluding hydrogens is 244 g/mol. The summed E-state index contributed by atoms with van der Waals surface area (Å²) in [4.78, 5) is 23.6. The zero-order valence-electron chi connectivity index (χ0n) is 10.1. The number of esters is 1. The van der Waals surface area contributed by atoms with E-state index in [0.717, 1.165) is 12.1 Å². The van der Waals surface area contributed by atoms with Gasteiger partial charge >= 0.3 is 5.97 Å². The summed E-state index contributed by atoms with van der Waals surface area (Å²) in [5.74, 6) is -2.57. The molecule has 0 saturated heterocycles. The molecule has 1 aromatic carbocycles. The zero-order chi connectivity index (χ0) is 13.7. The van der Waals surface area contributed by atoms with Crippen molar-refractivity contribution in [2.24, 2.45) is 0 Å². The number of benzene rings is 1. The van der Waals surface area contributed by atoms with Crippen LogP contribution in [-0.4, -0.2) is 30.9 Å². The summed E-state index contributed by atoms with van der Waals surface area (Å²) in [5.41, 5.74) is 0.178. The molecule has 0 aliphatic rings. The van der Waals surface area contributed by atoms with Gasteiger partial charge in [-0.3, -0.25) is 9.59 Å². The lowest BCUT2D eigenvalue weighted by Gasteiger charge is -2.17. The maximum absolute atomic E-state index is 13.3. The molecule has 0 atom stereocenters. The molecule has 0 unspecified atom stereocenters. The van der Waals surface area contributed by atoms with Crippen LogP contribution < -0.4 is 0 Å². The van der Waals surface area contributed by atoms with E-state index >= 15 is 0 Å². The minimum absolute atomic E-state index is 0.0397. The van der Waals surface area contributed by atoms with Crippen LogP contribution >= 0.6 is 0 Å². The topological polar surface area (TPSA) is 46.6 Å². The summed E-state index contributed by atoms with van der Waals surface area (Å²) in [7, 11) is 2.60. The molecule has 0 spiro atoms. The highest BCUT2D eigenvalue weighted by Crippen LogP contribution is 2.12. The monoisotopic (exact) mass is 257 g/mol. The third-order valence-electron chi connectivity index (χ3n) is 2.37. The molecule has 6 heteroatoms. The van der Waals surface area contributed by atoms with Gasteiger partial charge in [0.15, 0.2) is 0 Å². The second kappa shape index (κ2) is 6.09. The van der Waals surface area contributed by atoms with E-state index in [2.05, 4.69) is 4.74 Å². The third-order valence-corrected chi connectivity index (χ3v) is 2.37. The largest absolute Gasteiger partial charge is 0.469 e. The molecule has 0 N–H and O–H groups in total. The van der Waals surface area contributed by atoms with Crippen LogP contribution in [0.3, 0.4) is 0 Å². The van der Waals surface area contributed by atoms with Gasteiger partial charge in [-0.1, -0.05) is 6.07 Å². The minimum Gasteiger partial charge on any atom is -0.469 e. The van der Waals surface area contributed by atoms with E-state index in [1.807, 2.05) is 0 Å². The molecule has 0 aliphatic heterocycles. The standard InChI is InChI=1S/C12H13F2NO3/c1-15(11(16)6-12(17)18-2)7-8-3-4-9(13)5-10(8)14/h3-5H,6-7H2,1-2H3. The maximum atomic E-state index is 13.3. The Morgan fingerprint density at radius 3 is 2.56 bits per heavy atom.